The Morgan fingerprint density at radius 3 is 2.65 bits per heavy atom. The van der Waals surface area contributed by atoms with Crippen LogP contribution in [0.1, 0.15) is 66.5 Å². The van der Waals surface area contributed by atoms with E-state index in [2.05, 4.69) is 52.8 Å². The van der Waals surface area contributed by atoms with E-state index < -0.39 is 10.8 Å². The van der Waals surface area contributed by atoms with Crippen molar-refractivity contribution in [3.63, 3.8) is 0 Å². The highest BCUT2D eigenvalue weighted by atomic mass is 16.2. The van der Waals surface area contributed by atoms with Gasteiger partial charge in [0.25, 0.3) is 0 Å². The van der Waals surface area contributed by atoms with Crippen LogP contribution in [0.15, 0.2) is 67.0 Å². The predicted octanol–water partition coefficient (Wildman–Crippen LogP) is 5.72. The molecule has 0 fully saturated rings. The Hall–Kier alpha value is -4.06. The fourth-order valence-electron chi connectivity index (χ4n) is 7.05. The second-order valence-corrected chi connectivity index (χ2v) is 12.8. The zero-order valence-corrected chi connectivity index (χ0v) is 23.3. The Morgan fingerprint density at radius 1 is 1.02 bits per heavy atom. The molecule has 2 aromatic heterocycles. The molecular formula is C34H34N4O2. The summed E-state index contributed by atoms with van der Waals surface area (Å²) in [7, 11) is 0. The number of carbonyl (C=O) groups excluding carboxylic acids is 2. The van der Waals surface area contributed by atoms with Crippen LogP contribution in [0.2, 0.25) is 0 Å². The van der Waals surface area contributed by atoms with Crippen molar-refractivity contribution in [1.82, 2.24) is 14.9 Å². The summed E-state index contributed by atoms with van der Waals surface area (Å²) in [5.41, 5.74) is 7.00. The highest BCUT2D eigenvalue weighted by Gasteiger charge is 2.51. The zero-order valence-electron chi connectivity index (χ0n) is 23.3. The van der Waals surface area contributed by atoms with Gasteiger partial charge in [-0.1, -0.05) is 51.1 Å². The Labute approximate surface area is 234 Å². The number of aromatic nitrogens is 2. The molecule has 40 heavy (non-hydrogen) atoms. The number of nitrogens with one attached hydrogen (secondary N) is 1. The predicted molar refractivity (Wildman–Crippen MR) is 156 cm³/mol. The van der Waals surface area contributed by atoms with Crippen molar-refractivity contribution in [2.45, 2.75) is 64.3 Å². The number of hydrogen-bond donors (Lipinski definition) is 1. The third-order valence-corrected chi connectivity index (χ3v) is 9.03. The molecule has 4 aromatic rings. The molecule has 7 rings (SSSR count). The first kappa shape index (κ1) is 24.9. The van der Waals surface area contributed by atoms with E-state index in [-0.39, 0.29) is 11.8 Å². The summed E-state index contributed by atoms with van der Waals surface area (Å²) in [6.07, 6.45) is 7.09. The van der Waals surface area contributed by atoms with Gasteiger partial charge >= 0.3 is 0 Å². The van der Waals surface area contributed by atoms with Crippen LogP contribution in [0.3, 0.4) is 0 Å². The van der Waals surface area contributed by atoms with Gasteiger partial charge in [-0.25, -0.2) is 4.98 Å². The quantitative estimate of drug-likeness (QED) is 0.366. The number of amides is 2. The van der Waals surface area contributed by atoms with Gasteiger partial charge in [0.15, 0.2) is 0 Å². The molecule has 0 bridgehead atoms. The van der Waals surface area contributed by atoms with E-state index in [0.29, 0.717) is 37.7 Å². The smallest absolute Gasteiger partial charge is 0.237 e. The Morgan fingerprint density at radius 2 is 1.82 bits per heavy atom. The second kappa shape index (κ2) is 8.98. The average Bonchev–Trinajstić information content (AvgIpc) is 3.60. The van der Waals surface area contributed by atoms with Crippen LogP contribution in [0.5, 0.6) is 0 Å². The first-order chi connectivity index (χ1) is 19.2. The number of aryl methyl sites for hydroxylation is 1. The minimum Gasteiger partial charge on any atom is -0.337 e. The Bertz CT molecular complexity index is 1690. The lowest BCUT2D eigenvalue weighted by molar-refractivity contribution is -0.140. The molecule has 0 radical (unpaired) electrons. The minimum absolute atomic E-state index is 0.0277. The van der Waals surface area contributed by atoms with Gasteiger partial charge < -0.3 is 10.2 Å². The highest BCUT2D eigenvalue weighted by Crippen LogP contribution is 2.47. The van der Waals surface area contributed by atoms with E-state index in [4.69, 9.17) is 4.98 Å². The summed E-state index contributed by atoms with van der Waals surface area (Å²) in [5.74, 6) is 1.22. The van der Waals surface area contributed by atoms with Crippen LogP contribution in [0.25, 0.3) is 10.9 Å². The molecule has 2 atom stereocenters. The van der Waals surface area contributed by atoms with Gasteiger partial charge in [-0.2, -0.15) is 0 Å². The average molecular weight is 531 g/mol. The lowest BCUT2D eigenvalue weighted by Gasteiger charge is -2.32. The minimum atomic E-state index is -0.598. The Balaban J connectivity index is 1.18. The number of anilines is 1. The lowest BCUT2D eigenvalue weighted by atomic mass is 9.79. The standard InChI is InChI=1S/C34H34N4O2/c1-33(2,3)32(40)38(20-23-11-10-22-7-4-5-8-27(22)23)19-21-13-24-14-25-16-34(17-26(25)15-29(24)36-18-21)28-9-6-12-35-30(28)37-31(34)39/h4-9,12-15,18,23H,10-11,16-17,19-20H2,1-3H3,(H,35,37,39)/t23-,34-/m0/s1. The molecule has 0 saturated carbocycles. The molecule has 2 aromatic carbocycles. The summed E-state index contributed by atoms with van der Waals surface area (Å²) in [5, 5.41) is 4.04. The number of pyridine rings is 2. The van der Waals surface area contributed by atoms with Gasteiger partial charge in [0, 0.05) is 47.8 Å². The normalized spacial score (nSPS) is 20.9. The first-order valence-corrected chi connectivity index (χ1v) is 14.3. The number of nitrogens with zero attached hydrogens (tertiary/aromatic N) is 3. The maximum absolute atomic E-state index is 13.6. The van der Waals surface area contributed by atoms with Gasteiger partial charge in [-0.05, 0) is 77.8 Å². The van der Waals surface area contributed by atoms with Crippen molar-refractivity contribution in [2.75, 3.05) is 11.9 Å². The number of carbonyl (C=O) groups is 2. The maximum atomic E-state index is 13.6. The molecule has 202 valence electrons. The third kappa shape index (κ3) is 4.00. The molecule has 1 N–H and O–H groups in total. The topological polar surface area (TPSA) is 75.2 Å². The fourth-order valence-corrected chi connectivity index (χ4v) is 7.05. The maximum Gasteiger partial charge on any atom is 0.237 e. The van der Waals surface area contributed by atoms with Crippen LogP contribution in [0.4, 0.5) is 5.82 Å². The van der Waals surface area contributed by atoms with Gasteiger partial charge in [0.05, 0.1) is 10.9 Å². The van der Waals surface area contributed by atoms with Crippen molar-refractivity contribution in [1.29, 1.82) is 0 Å². The summed E-state index contributed by atoms with van der Waals surface area (Å²) in [6.45, 7) is 7.22. The van der Waals surface area contributed by atoms with Crippen LogP contribution in [0, 0.1) is 5.41 Å². The van der Waals surface area contributed by atoms with E-state index >= 15 is 0 Å². The van der Waals surface area contributed by atoms with Crippen LogP contribution < -0.4 is 5.32 Å². The van der Waals surface area contributed by atoms with Crippen LogP contribution in [-0.2, 0) is 40.8 Å². The summed E-state index contributed by atoms with van der Waals surface area (Å²) < 4.78 is 0. The molecule has 2 aliphatic carbocycles. The number of rotatable bonds is 4. The van der Waals surface area contributed by atoms with E-state index in [1.165, 1.54) is 22.3 Å². The summed E-state index contributed by atoms with van der Waals surface area (Å²) in [4.78, 5) is 38.0. The third-order valence-electron chi connectivity index (χ3n) is 9.03. The second-order valence-electron chi connectivity index (χ2n) is 12.8. The molecule has 0 saturated heterocycles. The molecule has 3 heterocycles. The first-order valence-electron chi connectivity index (χ1n) is 14.3. The van der Waals surface area contributed by atoms with E-state index in [1.54, 1.807) is 6.20 Å². The summed E-state index contributed by atoms with van der Waals surface area (Å²) in [6, 6.07) is 19.1. The van der Waals surface area contributed by atoms with E-state index in [9.17, 15) is 9.59 Å². The highest BCUT2D eigenvalue weighted by molar-refractivity contribution is 6.06. The van der Waals surface area contributed by atoms with E-state index in [0.717, 1.165) is 34.9 Å². The van der Waals surface area contributed by atoms with Crippen molar-refractivity contribution in [2.24, 2.45) is 5.41 Å². The SMILES string of the molecule is CC(C)(C)C(=O)N(Cc1cnc2cc3c(cc2c1)C[C@@]1(C3)C(=O)Nc2ncccc21)C[C@@H]1CCc2ccccc21. The number of benzene rings is 2. The van der Waals surface area contributed by atoms with Gasteiger partial charge in [-0.15, -0.1) is 0 Å². The van der Waals surface area contributed by atoms with Crippen molar-refractivity contribution in [3.05, 3.63) is 100 Å². The molecule has 1 spiro atoms. The molecular weight excluding hydrogens is 496 g/mol. The molecule has 6 nitrogen and oxygen atoms in total. The van der Waals surface area contributed by atoms with Gasteiger partial charge in [-0.3, -0.25) is 14.6 Å². The van der Waals surface area contributed by atoms with E-state index in [1.807, 2.05) is 44.0 Å². The fraction of sp³-hybridized carbons (Fsp3) is 0.353. The summed E-state index contributed by atoms with van der Waals surface area (Å²) >= 11 is 0. The zero-order chi connectivity index (χ0) is 27.6. The molecule has 0 unspecified atom stereocenters. The van der Waals surface area contributed by atoms with Crippen molar-refractivity contribution in [3.8, 4) is 0 Å². The van der Waals surface area contributed by atoms with Crippen molar-refractivity contribution >= 4 is 28.5 Å². The number of fused-ring (bicyclic) bond motifs is 5. The van der Waals surface area contributed by atoms with Gasteiger partial charge in [0.2, 0.25) is 11.8 Å². The lowest BCUT2D eigenvalue weighted by Crippen LogP contribution is -2.41. The van der Waals surface area contributed by atoms with Gasteiger partial charge in [0.1, 0.15) is 5.82 Å². The monoisotopic (exact) mass is 530 g/mol. The molecule has 3 aliphatic rings. The van der Waals surface area contributed by atoms with Crippen LogP contribution >= 0.6 is 0 Å². The molecule has 1 aliphatic heterocycles. The Kier molecular flexibility index (Phi) is 5.60. The van der Waals surface area contributed by atoms with Crippen LogP contribution in [-0.4, -0.2) is 33.2 Å². The number of hydrogen-bond acceptors (Lipinski definition) is 4. The van der Waals surface area contributed by atoms with Crippen molar-refractivity contribution < 1.29 is 9.59 Å². The molecule has 6 heteroatoms. The molecule has 2 amide bonds. The largest absolute Gasteiger partial charge is 0.337 e.